The van der Waals surface area contributed by atoms with Crippen LogP contribution in [-0.4, -0.2) is 30.1 Å². The van der Waals surface area contributed by atoms with Gasteiger partial charge in [-0.05, 0) is 63.3 Å². The monoisotopic (exact) mass is 236 g/mol. The summed E-state index contributed by atoms with van der Waals surface area (Å²) in [5.41, 5.74) is 6.67. The van der Waals surface area contributed by atoms with Crippen LogP contribution < -0.4 is 5.73 Å². The number of rotatable bonds is 7. The fourth-order valence-electron chi connectivity index (χ4n) is 3.30. The molecule has 0 unspecified atom stereocenters. The molecule has 0 bridgehead atoms. The van der Waals surface area contributed by atoms with Gasteiger partial charge in [0, 0.05) is 18.6 Å². The van der Waals surface area contributed by atoms with Crippen LogP contribution in [-0.2, 0) is 0 Å². The predicted molar refractivity (Wildman–Crippen MR) is 71.9 cm³/mol. The Morgan fingerprint density at radius 3 is 1.94 bits per heavy atom. The fourth-order valence-corrected chi connectivity index (χ4v) is 3.30. The van der Waals surface area contributed by atoms with Crippen molar-refractivity contribution in [3.05, 3.63) is 0 Å². The summed E-state index contributed by atoms with van der Waals surface area (Å²) in [5, 5.41) is 0. The molecule has 2 nitrogen and oxygen atoms in total. The standard InChI is InChI=1S/C15H28N2/c16-15(7-1-2-8-15)9-10-17(11-13-3-4-13)12-14-5-6-14/h13-14H,1-12,16H2. The maximum absolute atomic E-state index is 6.47. The summed E-state index contributed by atoms with van der Waals surface area (Å²) in [6, 6.07) is 0. The molecule has 3 aliphatic rings. The Kier molecular flexibility index (Phi) is 3.45. The summed E-state index contributed by atoms with van der Waals surface area (Å²) in [4.78, 5) is 2.74. The summed E-state index contributed by atoms with van der Waals surface area (Å²) in [6.45, 7) is 4.00. The van der Waals surface area contributed by atoms with Gasteiger partial charge in [0.1, 0.15) is 0 Å². The number of nitrogens with two attached hydrogens (primary N) is 1. The van der Waals surface area contributed by atoms with Gasteiger partial charge in [0.2, 0.25) is 0 Å². The highest BCUT2D eigenvalue weighted by molar-refractivity contribution is 4.91. The Balaban J connectivity index is 1.44. The topological polar surface area (TPSA) is 29.3 Å². The van der Waals surface area contributed by atoms with E-state index in [0.717, 1.165) is 11.8 Å². The first-order valence-electron chi connectivity index (χ1n) is 7.75. The molecule has 3 saturated carbocycles. The van der Waals surface area contributed by atoms with Crippen molar-refractivity contribution in [2.45, 2.75) is 63.3 Å². The van der Waals surface area contributed by atoms with E-state index in [1.807, 2.05) is 0 Å². The Bertz CT molecular complexity index is 236. The second kappa shape index (κ2) is 4.89. The molecule has 3 fully saturated rings. The van der Waals surface area contributed by atoms with Crippen molar-refractivity contribution in [3.8, 4) is 0 Å². The van der Waals surface area contributed by atoms with Gasteiger partial charge in [-0.2, -0.15) is 0 Å². The van der Waals surface area contributed by atoms with Crippen LogP contribution in [0.1, 0.15) is 57.8 Å². The highest BCUT2D eigenvalue weighted by Crippen LogP contribution is 2.35. The third-order valence-corrected chi connectivity index (χ3v) is 4.95. The van der Waals surface area contributed by atoms with Crippen LogP contribution in [0.25, 0.3) is 0 Å². The fraction of sp³-hybridized carbons (Fsp3) is 1.00. The molecule has 2 heteroatoms. The molecule has 0 atom stereocenters. The average molecular weight is 236 g/mol. The van der Waals surface area contributed by atoms with E-state index in [1.165, 1.54) is 77.4 Å². The van der Waals surface area contributed by atoms with E-state index in [9.17, 15) is 0 Å². The van der Waals surface area contributed by atoms with Crippen molar-refractivity contribution in [3.63, 3.8) is 0 Å². The van der Waals surface area contributed by atoms with Crippen molar-refractivity contribution in [1.82, 2.24) is 4.90 Å². The number of hydrogen-bond acceptors (Lipinski definition) is 2. The third kappa shape index (κ3) is 3.69. The summed E-state index contributed by atoms with van der Waals surface area (Å²) in [5.74, 6) is 2.07. The molecule has 98 valence electrons. The molecule has 0 saturated heterocycles. The molecule has 2 N–H and O–H groups in total. The lowest BCUT2D eigenvalue weighted by Crippen LogP contribution is -2.41. The van der Waals surface area contributed by atoms with Crippen LogP contribution in [0.2, 0.25) is 0 Å². The quantitative estimate of drug-likeness (QED) is 0.736. The second-order valence-corrected chi connectivity index (χ2v) is 6.97. The first-order chi connectivity index (χ1) is 8.23. The van der Waals surface area contributed by atoms with E-state index >= 15 is 0 Å². The first kappa shape index (κ1) is 12.0. The minimum absolute atomic E-state index is 0.200. The molecule has 17 heavy (non-hydrogen) atoms. The summed E-state index contributed by atoms with van der Waals surface area (Å²) in [7, 11) is 0. The van der Waals surface area contributed by atoms with Gasteiger partial charge in [0.25, 0.3) is 0 Å². The lowest BCUT2D eigenvalue weighted by Gasteiger charge is -2.29. The summed E-state index contributed by atoms with van der Waals surface area (Å²) in [6.07, 6.45) is 12.4. The Morgan fingerprint density at radius 2 is 1.47 bits per heavy atom. The van der Waals surface area contributed by atoms with E-state index in [0.29, 0.717) is 0 Å². The van der Waals surface area contributed by atoms with Crippen LogP contribution in [0.5, 0.6) is 0 Å². The molecule has 0 spiro atoms. The van der Waals surface area contributed by atoms with Gasteiger partial charge in [-0.3, -0.25) is 0 Å². The highest BCUT2D eigenvalue weighted by Gasteiger charge is 2.32. The van der Waals surface area contributed by atoms with Crippen LogP contribution in [0.3, 0.4) is 0 Å². The van der Waals surface area contributed by atoms with Crippen molar-refractivity contribution in [2.75, 3.05) is 19.6 Å². The van der Waals surface area contributed by atoms with Crippen molar-refractivity contribution < 1.29 is 0 Å². The molecule has 0 heterocycles. The minimum atomic E-state index is 0.200. The zero-order valence-corrected chi connectivity index (χ0v) is 11.2. The molecule has 0 amide bonds. The zero-order chi connectivity index (χ0) is 11.7. The third-order valence-electron chi connectivity index (χ3n) is 4.95. The first-order valence-corrected chi connectivity index (χ1v) is 7.75. The highest BCUT2D eigenvalue weighted by atomic mass is 15.1. The van der Waals surface area contributed by atoms with E-state index < -0.39 is 0 Å². The van der Waals surface area contributed by atoms with Crippen LogP contribution in [0.15, 0.2) is 0 Å². The van der Waals surface area contributed by atoms with E-state index in [2.05, 4.69) is 4.90 Å². The maximum Gasteiger partial charge on any atom is 0.0166 e. The molecular weight excluding hydrogens is 208 g/mol. The van der Waals surface area contributed by atoms with Gasteiger partial charge in [0.05, 0.1) is 0 Å². The smallest absolute Gasteiger partial charge is 0.0166 e. The van der Waals surface area contributed by atoms with Crippen molar-refractivity contribution >= 4 is 0 Å². The molecule has 0 aromatic carbocycles. The molecule has 0 radical (unpaired) electrons. The second-order valence-electron chi connectivity index (χ2n) is 6.97. The van der Waals surface area contributed by atoms with Crippen molar-refractivity contribution in [1.29, 1.82) is 0 Å². The van der Waals surface area contributed by atoms with Gasteiger partial charge >= 0.3 is 0 Å². The van der Waals surface area contributed by atoms with Gasteiger partial charge in [-0.15, -0.1) is 0 Å². The average Bonchev–Trinajstić information content (AvgIpc) is 3.21. The van der Waals surface area contributed by atoms with Crippen LogP contribution in [0.4, 0.5) is 0 Å². The largest absolute Gasteiger partial charge is 0.325 e. The number of hydrogen-bond donors (Lipinski definition) is 1. The van der Waals surface area contributed by atoms with Crippen molar-refractivity contribution in [2.24, 2.45) is 17.6 Å². The van der Waals surface area contributed by atoms with Crippen LogP contribution >= 0.6 is 0 Å². The van der Waals surface area contributed by atoms with Gasteiger partial charge in [-0.1, -0.05) is 12.8 Å². The van der Waals surface area contributed by atoms with Gasteiger partial charge in [0.15, 0.2) is 0 Å². The molecule has 3 rings (SSSR count). The molecule has 0 aliphatic heterocycles. The maximum atomic E-state index is 6.47. The molecule has 0 aromatic heterocycles. The Labute approximate surface area is 106 Å². The van der Waals surface area contributed by atoms with Gasteiger partial charge in [-0.25, -0.2) is 0 Å². The molecule has 3 aliphatic carbocycles. The van der Waals surface area contributed by atoms with Gasteiger partial charge < -0.3 is 10.6 Å². The molecule has 0 aromatic rings. The van der Waals surface area contributed by atoms with E-state index in [1.54, 1.807) is 0 Å². The molecular formula is C15H28N2. The lowest BCUT2D eigenvalue weighted by atomic mass is 9.94. The van der Waals surface area contributed by atoms with E-state index in [4.69, 9.17) is 5.73 Å². The summed E-state index contributed by atoms with van der Waals surface area (Å²) < 4.78 is 0. The van der Waals surface area contributed by atoms with Crippen LogP contribution in [0, 0.1) is 11.8 Å². The SMILES string of the molecule is NC1(CCN(CC2CC2)CC2CC2)CCCC1. The number of nitrogens with zero attached hydrogens (tertiary/aromatic N) is 1. The normalized spacial score (nSPS) is 27.9. The van der Waals surface area contributed by atoms with E-state index in [-0.39, 0.29) is 5.54 Å². The Hall–Kier alpha value is -0.0800. The predicted octanol–water partition coefficient (Wildman–Crippen LogP) is 2.77. The summed E-state index contributed by atoms with van der Waals surface area (Å²) >= 11 is 0. The Morgan fingerprint density at radius 1 is 0.941 bits per heavy atom. The lowest BCUT2D eigenvalue weighted by molar-refractivity contribution is 0.222. The zero-order valence-electron chi connectivity index (χ0n) is 11.2. The minimum Gasteiger partial charge on any atom is -0.325 e.